The molecule has 30 heavy (non-hydrogen) atoms. The van der Waals surface area contributed by atoms with Gasteiger partial charge in [-0.15, -0.1) is 0 Å². The zero-order valence-corrected chi connectivity index (χ0v) is 16.6. The first-order chi connectivity index (χ1) is 14.6. The molecule has 0 atom stereocenters. The smallest absolute Gasteiger partial charge is 0.160 e. The molecule has 0 spiro atoms. The molecule has 146 valence electrons. The van der Waals surface area contributed by atoms with E-state index in [2.05, 4.69) is 15.0 Å². The van der Waals surface area contributed by atoms with Gasteiger partial charge in [0, 0.05) is 40.7 Å². The van der Waals surface area contributed by atoms with Gasteiger partial charge >= 0.3 is 0 Å². The predicted octanol–water partition coefficient (Wildman–Crippen LogP) is 6.37. The lowest BCUT2D eigenvalue weighted by Gasteiger charge is -2.11. The molecule has 0 aliphatic carbocycles. The SMILES string of the molecule is Cc1ccc(F)c(-c2cc(-c3cncc(-c4ccc(C)o4)c3)c3cccnc3n2)c1. The molecule has 0 aliphatic rings. The van der Waals surface area contributed by atoms with Gasteiger partial charge in [0.05, 0.1) is 5.69 Å². The molecule has 5 heteroatoms. The van der Waals surface area contributed by atoms with E-state index in [1.165, 1.54) is 6.07 Å². The minimum Gasteiger partial charge on any atom is -0.461 e. The number of halogens is 1. The number of furan rings is 1. The molecule has 1 aromatic carbocycles. The van der Waals surface area contributed by atoms with Gasteiger partial charge in [0.25, 0.3) is 0 Å². The Morgan fingerprint density at radius 2 is 1.73 bits per heavy atom. The van der Waals surface area contributed by atoms with Gasteiger partial charge in [-0.1, -0.05) is 11.6 Å². The summed E-state index contributed by atoms with van der Waals surface area (Å²) >= 11 is 0. The van der Waals surface area contributed by atoms with Gasteiger partial charge in [-0.25, -0.2) is 14.4 Å². The van der Waals surface area contributed by atoms with Crippen molar-refractivity contribution >= 4 is 11.0 Å². The van der Waals surface area contributed by atoms with Crippen LogP contribution in [-0.4, -0.2) is 15.0 Å². The second-order valence-electron chi connectivity index (χ2n) is 7.29. The van der Waals surface area contributed by atoms with Crippen molar-refractivity contribution in [1.82, 2.24) is 15.0 Å². The Labute approximate surface area is 173 Å². The summed E-state index contributed by atoms with van der Waals surface area (Å²) in [5.74, 6) is 1.28. The Hall–Kier alpha value is -3.86. The molecule has 0 bridgehead atoms. The molecule has 4 nitrogen and oxygen atoms in total. The second-order valence-corrected chi connectivity index (χ2v) is 7.29. The summed E-state index contributed by atoms with van der Waals surface area (Å²) in [6.45, 7) is 3.84. The standard InChI is InChI=1S/C25H18FN3O/c1-15-5-7-22(26)21(10-15)23-12-20(19-4-3-9-28-25(19)29-23)17-11-18(14-27-13-17)24-8-6-16(2)30-24/h3-14H,1-2H3. The summed E-state index contributed by atoms with van der Waals surface area (Å²) in [6, 6.07) is 16.6. The first-order valence-electron chi connectivity index (χ1n) is 9.63. The predicted molar refractivity (Wildman–Crippen MR) is 115 cm³/mol. The second kappa shape index (κ2) is 7.19. The van der Waals surface area contributed by atoms with Crippen LogP contribution in [0.4, 0.5) is 4.39 Å². The van der Waals surface area contributed by atoms with E-state index in [9.17, 15) is 4.39 Å². The average molecular weight is 395 g/mol. The number of pyridine rings is 3. The highest BCUT2D eigenvalue weighted by Gasteiger charge is 2.14. The van der Waals surface area contributed by atoms with Crippen LogP contribution in [0.1, 0.15) is 11.3 Å². The van der Waals surface area contributed by atoms with E-state index in [0.717, 1.165) is 39.2 Å². The number of nitrogens with zero attached hydrogens (tertiary/aromatic N) is 3. The maximum atomic E-state index is 14.6. The van der Waals surface area contributed by atoms with Gasteiger partial charge in [0.2, 0.25) is 0 Å². The van der Waals surface area contributed by atoms with Crippen molar-refractivity contribution in [2.24, 2.45) is 0 Å². The molecule has 0 fully saturated rings. The summed E-state index contributed by atoms with van der Waals surface area (Å²) < 4.78 is 20.3. The minimum atomic E-state index is -0.313. The summed E-state index contributed by atoms with van der Waals surface area (Å²) in [6.07, 6.45) is 5.25. The molecule has 0 N–H and O–H groups in total. The number of rotatable bonds is 3. The molecule has 0 amide bonds. The molecule has 5 rings (SSSR count). The first kappa shape index (κ1) is 18.2. The quantitative estimate of drug-likeness (QED) is 0.356. The molecule has 0 unspecified atom stereocenters. The largest absolute Gasteiger partial charge is 0.461 e. The van der Waals surface area contributed by atoms with Crippen LogP contribution in [0.25, 0.3) is 44.7 Å². The molecule has 4 aromatic heterocycles. The van der Waals surface area contributed by atoms with Crippen molar-refractivity contribution < 1.29 is 8.81 Å². The molecular weight excluding hydrogens is 377 g/mol. The van der Waals surface area contributed by atoms with Gasteiger partial charge in [0.1, 0.15) is 17.3 Å². The maximum absolute atomic E-state index is 14.6. The van der Waals surface area contributed by atoms with E-state index in [1.807, 2.05) is 50.2 Å². The van der Waals surface area contributed by atoms with E-state index in [4.69, 9.17) is 4.42 Å². The third-order valence-electron chi connectivity index (χ3n) is 5.06. The van der Waals surface area contributed by atoms with Crippen LogP contribution >= 0.6 is 0 Å². The Kier molecular flexibility index (Phi) is 4.36. The number of fused-ring (bicyclic) bond motifs is 1. The topological polar surface area (TPSA) is 51.8 Å². The normalized spacial score (nSPS) is 11.2. The lowest BCUT2D eigenvalue weighted by molar-refractivity contribution is 0.548. The van der Waals surface area contributed by atoms with Gasteiger partial charge in [-0.05, 0) is 67.9 Å². The Bertz CT molecular complexity index is 1390. The summed E-state index contributed by atoms with van der Waals surface area (Å²) in [4.78, 5) is 13.5. The van der Waals surface area contributed by atoms with E-state index in [1.54, 1.807) is 30.7 Å². The van der Waals surface area contributed by atoms with Crippen LogP contribution in [0.2, 0.25) is 0 Å². The van der Waals surface area contributed by atoms with Crippen molar-refractivity contribution in [3.63, 3.8) is 0 Å². The fourth-order valence-corrected chi connectivity index (χ4v) is 3.58. The Morgan fingerprint density at radius 3 is 2.57 bits per heavy atom. The van der Waals surface area contributed by atoms with Crippen LogP contribution in [0, 0.1) is 19.7 Å². The summed E-state index contributed by atoms with van der Waals surface area (Å²) in [5, 5.41) is 0.879. The van der Waals surface area contributed by atoms with E-state index in [0.29, 0.717) is 16.9 Å². The van der Waals surface area contributed by atoms with Crippen molar-refractivity contribution in [2.45, 2.75) is 13.8 Å². The lowest BCUT2D eigenvalue weighted by Crippen LogP contribution is -1.94. The zero-order valence-electron chi connectivity index (χ0n) is 16.6. The van der Waals surface area contributed by atoms with Crippen LogP contribution in [0.3, 0.4) is 0 Å². The lowest BCUT2D eigenvalue weighted by atomic mass is 9.99. The molecular formula is C25H18FN3O. The van der Waals surface area contributed by atoms with Crippen LogP contribution in [-0.2, 0) is 0 Å². The van der Waals surface area contributed by atoms with Gasteiger partial charge in [-0.2, -0.15) is 0 Å². The molecule has 0 radical (unpaired) electrons. The van der Waals surface area contributed by atoms with Crippen molar-refractivity contribution in [3.05, 3.63) is 90.3 Å². The highest BCUT2D eigenvalue weighted by Crippen LogP contribution is 2.34. The number of aryl methyl sites for hydroxylation is 2. The highest BCUT2D eigenvalue weighted by atomic mass is 19.1. The third-order valence-corrected chi connectivity index (χ3v) is 5.06. The number of hydrogen-bond donors (Lipinski definition) is 0. The van der Waals surface area contributed by atoms with E-state index in [-0.39, 0.29) is 5.82 Å². The highest BCUT2D eigenvalue weighted by molar-refractivity contribution is 5.95. The van der Waals surface area contributed by atoms with Crippen LogP contribution in [0.5, 0.6) is 0 Å². The van der Waals surface area contributed by atoms with Crippen LogP contribution in [0.15, 0.2) is 77.6 Å². The maximum Gasteiger partial charge on any atom is 0.160 e. The zero-order chi connectivity index (χ0) is 20.7. The fourth-order valence-electron chi connectivity index (χ4n) is 3.58. The van der Waals surface area contributed by atoms with Gasteiger partial charge in [-0.3, -0.25) is 4.98 Å². The van der Waals surface area contributed by atoms with E-state index >= 15 is 0 Å². The molecule has 5 aromatic rings. The molecule has 4 heterocycles. The number of hydrogen-bond acceptors (Lipinski definition) is 4. The first-order valence-corrected chi connectivity index (χ1v) is 9.63. The fraction of sp³-hybridized carbons (Fsp3) is 0.0800. The van der Waals surface area contributed by atoms with Crippen molar-refractivity contribution in [2.75, 3.05) is 0 Å². The van der Waals surface area contributed by atoms with Crippen LogP contribution < -0.4 is 0 Å². The summed E-state index contributed by atoms with van der Waals surface area (Å²) in [5.41, 5.74) is 5.17. The average Bonchev–Trinajstić information content (AvgIpc) is 3.21. The van der Waals surface area contributed by atoms with Gasteiger partial charge < -0.3 is 4.42 Å². The third kappa shape index (κ3) is 3.24. The minimum absolute atomic E-state index is 0.313. The number of benzene rings is 1. The van der Waals surface area contributed by atoms with Crippen molar-refractivity contribution in [1.29, 1.82) is 0 Å². The Morgan fingerprint density at radius 1 is 0.867 bits per heavy atom. The van der Waals surface area contributed by atoms with E-state index < -0.39 is 0 Å². The van der Waals surface area contributed by atoms with Gasteiger partial charge in [0.15, 0.2) is 5.65 Å². The molecule has 0 aliphatic heterocycles. The summed E-state index contributed by atoms with van der Waals surface area (Å²) in [7, 11) is 0. The number of aromatic nitrogens is 3. The van der Waals surface area contributed by atoms with Crippen molar-refractivity contribution in [3.8, 4) is 33.7 Å². The molecule has 0 saturated heterocycles. The monoisotopic (exact) mass is 395 g/mol. The Balaban J connectivity index is 1.74. The molecule has 0 saturated carbocycles.